The summed E-state index contributed by atoms with van der Waals surface area (Å²) in [5.41, 5.74) is 0. The summed E-state index contributed by atoms with van der Waals surface area (Å²) in [5.74, 6) is -0.374. The minimum atomic E-state index is -0.592. The van der Waals surface area contributed by atoms with Crippen molar-refractivity contribution in [3.05, 3.63) is 0 Å². The van der Waals surface area contributed by atoms with Gasteiger partial charge < -0.3 is 4.74 Å². The smallest absolute Gasteiger partial charge is 0.306 e. The van der Waals surface area contributed by atoms with Gasteiger partial charge in [-0.3, -0.25) is 9.59 Å². The molecule has 0 fully saturated rings. The van der Waals surface area contributed by atoms with Crippen LogP contribution in [0.5, 0.6) is 0 Å². The first kappa shape index (κ1) is 12.0. The topological polar surface area (TPSA) is 67.2 Å². The van der Waals surface area contributed by atoms with E-state index < -0.39 is 11.8 Å². The summed E-state index contributed by atoms with van der Waals surface area (Å²) in [4.78, 5) is 21.3. The van der Waals surface area contributed by atoms with Gasteiger partial charge in [0.1, 0.15) is 6.07 Å². The lowest BCUT2D eigenvalue weighted by molar-refractivity contribution is -0.144. The molecule has 72 valence electrons. The van der Waals surface area contributed by atoms with E-state index in [0.717, 1.165) is 0 Å². The number of thiol groups is 1. The molecule has 0 aromatic heterocycles. The third-order valence-corrected chi connectivity index (χ3v) is 1.56. The molecule has 0 amide bonds. The fraction of sp³-hybridized carbons (Fsp3) is 0.625. The van der Waals surface area contributed by atoms with Crippen LogP contribution in [0.4, 0.5) is 0 Å². The van der Waals surface area contributed by atoms with Crippen LogP contribution in [-0.2, 0) is 14.3 Å². The van der Waals surface area contributed by atoms with Crippen molar-refractivity contribution < 1.29 is 14.3 Å². The van der Waals surface area contributed by atoms with E-state index in [2.05, 4.69) is 12.6 Å². The summed E-state index contributed by atoms with van der Waals surface area (Å²) >= 11 is 3.93. The van der Waals surface area contributed by atoms with Crippen LogP contribution in [0.2, 0.25) is 0 Å². The normalized spacial score (nSPS) is 8.92. The van der Waals surface area contributed by atoms with Crippen molar-refractivity contribution in [2.24, 2.45) is 0 Å². The van der Waals surface area contributed by atoms with Crippen LogP contribution >= 0.6 is 12.6 Å². The summed E-state index contributed by atoms with van der Waals surface area (Å²) in [7, 11) is 0. The predicted molar refractivity (Wildman–Crippen MR) is 49.3 cm³/mol. The van der Waals surface area contributed by atoms with E-state index in [0.29, 0.717) is 18.8 Å². The molecule has 0 saturated heterocycles. The second kappa shape index (κ2) is 7.62. The number of nitriles is 1. The molecule has 5 heteroatoms. The zero-order valence-corrected chi connectivity index (χ0v) is 8.05. The minimum absolute atomic E-state index is 0.0149. The summed E-state index contributed by atoms with van der Waals surface area (Å²) in [6.07, 6.45) is 0.621. The first-order chi connectivity index (χ1) is 6.20. The molecule has 0 radical (unpaired) electrons. The van der Waals surface area contributed by atoms with Gasteiger partial charge in [-0.2, -0.15) is 17.9 Å². The molecular weight excluding hydrogens is 190 g/mol. The van der Waals surface area contributed by atoms with E-state index in [4.69, 9.17) is 10.00 Å². The fourth-order valence-corrected chi connectivity index (χ4v) is 0.723. The molecule has 0 aliphatic rings. The maximum absolute atomic E-state index is 10.8. The van der Waals surface area contributed by atoms with Gasteiger partial charge in [-0.1, -0.05) is 0 Å². The number of hydrogen-bond donors (Lipinski definition) is 1. The Morgan fingerprint density at radius 1 is 1.38 bits per heavy atom. The largest absolute Gasteiger partial charge is 0.466 e. The standard InChI is InChI=1S/C8H11NO3S/c9-6-7(10)2-3-8(11)12-4-1-5-13/h13H,1-5H2. The molecule has 0 spiro atoms. The van der Waals surface area contributed by atoms with E-state index in [-0.39, 0.29) is 12.8 Å². The van der Waals surface area contributed by atoms with Crippen LogP contribution in [-0.4, -0.2) is 24.1 Å². The van der Waals surface area contributed by atoms with Crippen LogP contribution in [0.25, 0.3) is 0 Å². The molecule has 0 aromatic rings. The van der Waals surface area contributed by atoms with Gasteiger partial charge in [0.05, 0.1) is 13.0 Å². The third kappa shape index (κ3) is 7.34. The molecule has 0 bridgehead atoms. The van der Waals surface area contributed by atoms with Crippen LogP contribution in [0, 0.1) is 11.3 Å². The van der Waals surface area contributed by atoms with E-state index >= 15 is 0 Å². The van der Waals surface area contributed by atoms with Crippen LogP contribution < -0.4 is 0 Å². The van der Waals surface area contributed by atoms with E-state index in [9.17, 15) is 9.59 Å². The number of Topliss-reactive ketones (excluding diaryl/α,β-unsaturated/α-hetero) is 1. The first-order valence-corrected chi connectivity index (χ1v) is 4.53. The molecular formula is C8H11NO3S. The summed E-state index contributed by atoms with van der Waals surface area (Å²) < 4.78 is 4.73. The quantitative estimate of drug-likeness (QED) is 0.297. The Balaban J connectivity index is 3.42. The highest BCUT2D eigenvalue weighted by Gasteiger charge is 2.06. The Bertz CT molecular complexity index is 222. The van der Waals surface area contributed by atoms with Gasteiger partial charge in [0.25, 0.3) is 0 Å². The van der Waals surface area contributed by atoms with Gasteiger partial charge >= 0.3 is 5.97 Å². The summed E-state index contributed by atoms with van der Waals surface area (Å²) in [5, 5.41) is 8.10. The van der Waals surface area contributed by atoms with Crippen molar-refractivity contribution in [2.75, 3.05) is 12.4 Å². The Labute approximate surface area is 82.3 Å². The zero-order chi connectivity index (χ0) is 10.1. The van der Waals surface area contributed by atoms with Crippen LogP contribution in [0.15, 0.2) is 0 Å². The molecule has 0 atom stereocenters. The molecule has 4 nitrogen and oxygen atoms in total. The van der Waals surface area contributed by atoms with Gasteiger partial charge in [-0.15, -0.1) is 0 Å². The Kier molecular flexibility index (Phi) is 7.02. The Hall–Kier alpha value is -1.02. The summed E-state index contributed by atoms with van der Waals surface area (Å²) in [6.45, 7) is 0.322. The number of esters is 1. The van der Waals surface area contributed by atoms with Gasteiger partial charge in [-0.25, -0.2) is 0 Å². The molecule has 0 aliphatic heterocycles. The lowest BCUT2D eigenvalue weighted by Crippen LogP contribution is -2.08. The number of hydrogen-bond acceptors (Lipinski definition) is 5. The highest BCUT2D eigenvalue weighted by molar-refractivity contribution is 7.80. The SMILES string of the molecule is N#CC(=O)CCC(=O)OCCCS. The third-order valence-electron chi connectivity index (χ3n) is 1.25. The highest BCUT2D eigenvalue weighted by atomic mass is 32.1. The van der Waals surface area contributed by atoms with Gasteiger partial charge in [0.15, 0.2) is 0 Å². The Morgan fingerprint density at radius 3 is 2.62 bits per heavy atom. The maximum Gasteiger partial charge on any atom is 0.306 e. The summed E-state index contributed by atoms with van der Waals surface area (Å²) in [6, 6.07) is 1.43. The highest BCUT2D eigenvalue weighted by Crippen LogP contribution is 1.95. The van der Waals surface area contributed by atoms with E-state index in [1.54, 1.807) is 0 Å². The van der Waals surface area contributed by atoms with Crippen LogP contribution in [0.1, 0.15) is 19.3 Å². The molecule has 0 unspecified atom stereocenters. The lowest BCUT2D eigenvalue weighted by Gasteiger charge is -2.00. The number of ketones is 1. The monoisotopic (exact) mass is 201 g/mol. The number of ether oxygens (including phenoxy) is 1. The van der Waals surface area contributed by atoms with Gasteiger partial charge in [0.2, 0.25) is 5.78 Å². The molecule has 13 heavy (non-hydrogen) atoms. The van der Waals surface area contributed by atoms with E-state index in [1.165, 1.54) is 6.07 Å². The molecule has 0 N–H and O–H groups in total. The van der Waals surface area contributed by atoms with Crippen molar-refractivity contribution in [3.8, 4) is 6.07 Å². The second-order valence-corrected chi connectivity index (χ2v) is 2.78. The van der Waals surface area contributed by atoms with Gasteiger partial charge in [0, 0.05) is 6.42 Å². The number of nitrogens with zero attached hydrogens (tertiary/aromatic N) is 1. The number of carbonyl (C=O) groups is 2. The van der Waals surface area contributed by atoms with Crippen LogP contribution in [0.3, 0.4) is 0 Å². The fourth-order valence-electron chi connectivity index (χ4n) is 0.594. The van der Waals surface area contributed by atoms with Crippen molar-refractivity contribution in [3.63, 3.8) is 0 Å². The van der Waals surface area contributed by atoms with Crippen molar-refractivity contribution in [1.82, 2.24) is 0 Å². The minimum Gasteiger partial charge on any atom is -0.466 e. The number of rotatable bonds is 6. The molecule has 0 aromatic carbocycles. The maximum atomic E-state index is 10.8. The number of carbonyl (C=O) groups excluding carboxylic acids is 2. The molecule has 0 rings (SSSR count). The first-order valence-electron chi connectivity index (χ1n) is 3.90. The Morgan fingerprint density at radius 2 is 2.08 bits per heavy atom. The van der Waals surface area contributed by atoms with Crippen molar-refractivity contribution >= 4 is 24.4 Å². The second-order valence-electron chi connectivity index (χ2n) is 2.33. The lowest BCUT2D eigenvalue weighted by atomic mass is 10.2. The van der Waals surface area contributed by atoms with Crippen molar-refractivity contribution in [1.29, 1.82) is 5.26 Å². The predicted octanol–water partition coefficient (Wildman–Crippen LogP) is 0.722. The van der Waals surface area contributed by atoms with E-state index in [1.807, 2.05) is 0 Å². The average Bonchev–Trinajstić information content (AvgIpc) is 2.14. The molecule has 0 heterocycles. The molecule has 0 saturated carbocycles. The molecule has 0 aliphatic carbocycles. The van der Waals surface area contributed by atoms with Gasteiger partial charge in [-0.05, 0) is 12.2 Å². The average molecular weight is 201 g/mol. The zero-order valence-electron chi connectivity index (χ0n) is 7.15. The van der Waals surface area contributed by atoms with Crippen molar-refractivity contribution in [2.45, 2.75) is 19.3 Å².